The third kappa shape index (κ3) is 186. The molecule has 0 saturated carbocycles. The fraction of sp³-hybridized carbons (Fsp3) is 0.780. The fourth-order valence-electron chi connectivity index (χ4n) is 2.74. The van der Waals surface area contributed by atoms with Crippen LogP contribution in [-0.2, 0) is 43.2 Å². The Labute approximate surface area is 513 Å². The van der Waals surface area contributed by atoms with E-state index < -0.39 is 6.04 Å². The first-order chi connectivity index (χ1) is 33.1. The molecule has 7 amide bonds. The molecule has 0 aromatic heterocycles. The van der Waals surface area contributed by atoms with Gasteiger partial charge in [0.25, 0.3) is 0 Å². The second-order valence-corrected chi connectivity index (χ2v) is 15.9. The van der Waals surface area contributed by atoms with Gasteiger partial charge in [0.1, 0.15) is 17.6 Å². The zero-order valence-corrected chi connectivity index (χ0v) is 50.0. The van der Waals surface area contributed by atoms with Crippen LogP contribution in [0.4, 0.5) is 0 Å². The van der Waals surface area contributed by atoms with Crippen LogP contribution in [0.25, 0.3) is 0 Å². The lowest BCUT2D eigenvalue weighted by molar-refractivity contribution is -0.127. The van der Waals surface area contributed by atoms with Crippen LogP contribution in [0.1, 0.15) is 201 Å². The molecule has 1 atom stereocenters. The molecule has 0 unspecified atom stereocenters. The lowest BCUT2D eigenvalue weighted by Crippen LogP contribution is -2.46. The van der Waals surface area contributed by atoms with Crippen molar-refractivity contribution in [2.24, 2.45) is 0 Å². The number of hydrogen-bond acceptors (Lipinski definition) is 14. The van der Waals surface area contributed by atoms with Gasteiger partial charge < -0.3 is 52.6 Å². The normalized spacial score (nSPS) is 7.76. The molecule has 0 fully saturated rings. The highest BCUT2D eigenvalue weighted by molar-refractivity contribution is 7.99. The average molecular weight is 1220 g/mol. The Hall–Kier alpha value is -4.10. The number of ketones is 2. The van der Waals surface area contributed by atoms with E-state index in [1.165, 1.54) is 49.4 Å². The van der Waals surface area contributed by atoms with E-state index in [0.29, 0.717) is 49.5 Å². The van der Waals surface area contributed by atoms with Crippen molar-refractivity contribution in [3.63, 3.8) is 0 Å². The predicted molar refractivity (Wildman–Crippen MR) is 372 cm³/mol. The molecule has 0 aromatic carbocycles. The number of amides is 7. The van der Waals surface area contributed by atoms with E-state index in [4.69, 9.17) is 0 Å². The summed E-state index contributed by atoms with van der Waals surface area (Å²) in [6.45, 7) is 19.9. The summed E-state index contributed by atoms with van der Waals surface area (Å²) in [5, 5.41) is 23.1. The summed E-state index contributed by atoms with van der Waals surface area (Å²) in [6, 6.07) is -0.414. The summed E-state index contributed by atoms with van der Waals surface area (Å²) in [5.74, 6) is 8.33. The Balaban J connectivity index is -0.0000000277. The number of allylic oxidation sites excluding steroid dienone is 1. The minimum Gasteiger partial charge on any atom is -0.359 e. The summed E-state index contributed by atoms with van der Waals surface area (Å²) < 4.78 is 0. The maximum absolute atomic E-state index is 11.1. The average Bonchev–Trinajstić information content (AvgIpc) is 3.36. The number of likely N-dealkylation sites (N-methyl/N-ethyl adjacent to an activating group) is 4. The van der Waals surface area contributed by atoms with Crippen LogP contribution in [0.3, 0.4) is 0 Å². The molecule has 0 spiro atoms. The van der Waals surface area contributed by atoms with Gasteiger partial charge in [-0.15, -0.1) is 11.8 Å². The predicted octanol–water partition coefficient (Wildman–Crippen LogP) is 11.1. The lowest BCUT2D eigenvalue weighted by atomic mass is 10.2. The maximum atomic E-state index is 11.1. The Kier molecular flexibility index (Phi) is 223. The van der Waals surface area contributed by atoms with Crippen LogP contribution in [0.5, 0.6) is 0 Å². The van der Waals surface area contributed by atoms with Crippen LogP contribution in [-0.4, -0.2) is 164 Å². The molecule has 21 heteroatoms. The minimum absolute atomic E-state index is 0. The molecular formula is C59H143N9O9S3. The van der Waals surface area contributed by atoms with E-state index in [-0.39, 0.29) is 121 Å². The van der Waals surface area contributed by atoms with Crippen LogP contribution >= 0.6 is 35.3 Å². The van der Waals surface area contributed by atoms with Gasteiger partial charge in [0.15, 0.2) is 0 Å². The van der Waals surface area contributed by atoms with Gasteiger partial charge in [-0.3, -0.25) is 38.4 Å². The van der Waals surface area contributed by atoms with Gasteiger partial charge in [0, 0.05) is 100 Å². The quantitative estimate of drug-likeness (QED) is 0.0406. The largest absolute Gasteiger partial charge is 0.359 e. The summed E-state index contributed by atoms with van der Waals surface area (Å²) in [4.78, 5) is 93.6. The molecule has 0 bridgehead atoms. The zero-order valence-electron chi connectivity index (χ0n) is 47.5. The number of hydrogen-bond donors (Lipinski definition) is 9. The SMILES string of the molecule is C.C.C.C.C.C.C.C.C.C.C/C=C/C(=O)NC.CC#CCC.CCC(=O)CCSC.CCC(C)=O.CCCC.CCCC(=O)NC.CNC(=O)CSC.CNC(=O)[C@H](CSC)NC(C)=O.CNCC(=O)NC.CNCCC(=O)NC. The second kappa shape index (κ2) is 131. The van der Waals surface area contributed by atoms with Crippen molar-refractivity contribution in [3.8, 4) is 11.8 Å². The maximum Gasteiger partial charge on any atom is 0.243 e. The van der Waals surface area contributed by atoms with Gasteiger partial charge in [-0.05, 0) is 71.9 Å². The van der Waals surface area contributed by atoms with Gasteiger partial charge in [0.05, 0.1) is 12.3 Å². The number of carbonyl (C=O) groups excluding carboxylic acids is 9. The Morgan fingerprint density at radius 1 is 0.512 bits per heavy atom. The molecule has 0 aliphatic rings. The van der Waals surface area contributed by atoms with E-state index in [0.717, 1.165) is 31.6 Å². The van der Waals surface area contributed by atoms with Gasteiger partial charge in [-0.2, -0.15) is 35.3 Å². The Morgan fingerprint density at radius 3 is 1.11 bits per heavy atom. The number of unbranched alkanes of at least 4 members (excludes halogenated alkanes) is 1. The Morgan fingerprint density at radius 2 is 0.938 bits per heavy atom. The summed E-state index contributed by atoms with van der Waals surface area (Å²) >= 11 is 4.77. The lowest BCUT2D eigenvalue weighted by Gasteiger charge is -2.14. The highest BCUT2D eigenvalue weighted by Gasteiger charge is 2.16. The molecular weight excluding hydrogens is 1070 g/mol. The van der Waals surface area contributed by atoms with Crippen molar-refractivity contribution >= 4 is 88.2 Å². The summed E-state index contributed by atoms with van der Waals surface area (Å²) in [5.41, 5.74) is 0. The van der Waals surface area contributed by atoms with Crippen LogP contribution in [0.2, 0.25) is 0 Å². The first kappa shape index (κ1) is 136. The first-order valence-electron chi connectivity index (χ1n) is 23.4. The first-order valence-corrected chi connectivity index (χ1v) is 27.6. The number of carbonyl (C=O) groups is 9. The minimum atomic E-state index is -0.414. The van der Waals surface area contributed by atoms with Crippen LogP contribution in [0.15, 0.2) is 12.2 Å². The molecule has 0 saturated heterocycles. The molecule has 9 N–H and O–H groups in total. The monoisotopic (exact) mass is 1220 g/mol. The highest BCUT2D eigenvalue weighted by atomic mass is 32.2. The van der Waals surface area contributed by atoms with E-state index in [1.807, 2.05) is 60.4 Å². The summed E-state index contributed by atoms with van der Waals surface area (Å²) in [6.07, 6.45) is 16.8. The smallest absolute Gasteiger partial charge is 0.243 e. The third-order valence-electron chi connectivity index (χ3n) is 6.98. The Bertz CT molecular complexity index is 1260. The van der Waals surface area contributed by atoms with Crippen molar-refractivity contribution in [2.75, 3.05) is 105 Å². The van der Waals surface area contributed by atoms with Gasteiger partial charge >= 0.3 is 0 Å². The fourth-order valence-corrected chi connectivity index (χ4v) is 4.15. The van der Waals surface area contributed by atoms with Crippen molar-refractivity contribution in [1.29, 1.82) is 0 Å². The molecule has 0 heterocycles. The standard InChI is InChI=1S/C7H14N2O2S.C6H12OS.C5H12N2O.C5H11NO.C5H9NO.C5H8.C4H10N2O.C4H9NOS.C4H8O.C4H10.10CH4/c1-5(10)9-6(4-12-3)7(11)8-2;1-3-6(7)4-5-8-2;1-6-4-3-5(8)7-2;2*1-3-4-5(7)6-2;1-3-5-4-2;1-5-3-4(7)6-2;1-5-4(6)3-7-2;1-3-4(2)5;1-3-4-2;;;;;;;;;;/h6H,4H2,1-3H3,(H,8,11)(H,9,10);3-5H2,1-2H3;6H,3-4H2,1-2H3,(H,7,8);3-4H2,1-2H3,(H,6,7);3-4H,1-2H3,(H,6,7);3H2,1-2H3;5H,3H2,1-2H3,(H,6,7);3H2,1-2H3,(H,5,6);3H2,1-2H3;3-4H2,1-2H3;10*1H4/b;;;;4-3+;;;;;;;;;;;;;;;/t6-;;;;;;;;;;;;;;;;;;;/m0.................../s1. The van der Waals surface area contributed by atoms with E-state index in [9.17, 15) is 43.2 Å². The van der Waals surface area contributed by atoms with Crippen LogP contribution in [0, 0.1) is 11.8 Å². The van der Waals surface area contributed by atoms with Crippen LogP contribution < -0.4 is 47.9 Å². The number of Topliss-reactive ketones (excluding diaryl/α,β-unsaturated/α-hetero) is 2. The molecule has 80 heavy (non-hydrogen) atoms. The second-order valence-electron chi connectivity index (χ2n) is 13.2. The molecule has 0 rings (SSSR count). The van der Waals surface area contributed by atoms with Crippen molar-refractivity contribution in [1.82, 2.24) is 47.9 Å². The van der Waals surface area contributed by atoms with E-state index in [1.54, 1.807) is 81.0 Å². The van der Waals surface area contributed by atoms with Gasteiger partial charge in [-0.1, -0.05) is 135 Å². The molecule has 496 valence electrons. The third-order valence-corrected chi connectivity index (χ3v) is 8.81. The molecule has 18 nitrogen and oxygen atoms in total. The topological polar surface area (TPSA) is 262 Å². The van der Waals surface area contributed by atoms with Crippen molar-refractivity contribution < 1.29 is 43.2 Å². The number of rotatable bonds is 20. The van der Waals surface area contributed by atoms with Gasteiger partial charge in [0.2, 0.25) is 41.4 Å². The van der Waals surface area contributed by atoms with Crippen molar-refractivity contribution in [3.05, 3.63) is 12.2 Å². The molecule has 0 radical (unpaired) electrons. The number of nitrogens with one attached hydrogen (secondary N) is 9. The molecule has 0 aromatic rings. The van der Waals surface area contributed by atoms with E-state index >= 15 is 0 Å². The molecule has 0 aliphatic carbocycles. The van der Waals surface area contributed by atoms with Gasteiger partial charge in [-0.25, -0.2) is 0 Å². The highest BCUT2D eigenvalue weighted by Crippen LogP contribution is 1.98. The van der Waals surface area contributed by atoms with E-state index in [2.05, 4.69) is 73.5 Å². The zero-order chi connectivity index (χ0) is 57.0. The molecule has 0 aliphatic heterocycles. The summed E-state index contributed by atoms with van der Waals surface area (Å²) in [7, 11) is 13.2. The van der Waals surface area contributed by atoms with Crippen molar-refractivity contribution in [2.45, 2.75) is 207 Å². The number of thioether (sulfide) groups is 3.